The molecule has 0 fully saturated rings. The minimum absolute atomic E-state index is 0.129. The molecule has 0 aliphatic carbocycles. The Labute approximate surface area is 86.9 Å². The quantitative estimate of drug-likeness (QED) is 0.616. The highest BCUT2D eigenvalue weighted by Gasteiger charge is 2.02. The predicted octanol–water partition coefficient (Wildman–Crippen LogP) is 1.70. The summed E-state index contributed by atoms with van der Waals surface area (Å²) in [6.45, 7) is 6.67. The van der Waals surface area contributed by atoms with Gasteiger partial charge in [0.05, 0.1) is 6.10 Å². The van der Waals surface area contributed by atoms with Gasteiger partial charge < -0.3 is 10.4 Å². The number of carbonyl (C=O) groups is 1. The molecule has 1 amide bonds. The van der Waals surface area contributed by atoms with Crippen LogP contribution in [0.15, 0.2) is 0 Å². The van der Waals surface area contributed by atoms with E-state index in [-0.39, 0.29) is 12.0 Å². The van der Waals surface area contributed by atoms with E-state index in [2.05, 4.69) is 19.2 Å². The first kappa shape index (κ1) is 13.4. The van der Waals surface area contributed by atoms with Gasteiger partial charge in [-0.05, 0) is 32.1 Å². The first-order valence-electron chi connectivity index (χ1n) is 5.47. The van der Waals surface area contributed by atoms with Gasteiger partial charge in [0.15, 0.2) is 0 Å². The molecule has 14 heavy (non-hydrogen) atoms. The van der Waals surface area contributed by atoms with Crippen molar-refractivity contribution < 1.29 is 9.90 Å². The van der Waals surface area contributed by atoms with E-state index >= 15 is 0 Å². The minimum Gasteiger partial charge on any atom is -0.393 e. The first-order valence-corrected chi connectivity index (χ1v) is 5.47. The van der Waals surface area contributed by atoms with Crippen molar-refractivity contribution in [1.82, 2.24) is 5.32 Å². The van der Waals surface area contributed by atoms with Crippen LogP contribution in [-0.2, 0) is 4.79 Å². The number of nitrogens with one attached hydrogen (secondary N) is 1. The molecule has 84 valence electrons. The van der Waals surface area contributed by atoms with E-state index in [9.17, 15) is 4.79 Å². The molecular weight excluding hydrogens is 178 g/mol. The maximum atomic E-state index is 11.2. The third-order valence-electron chi connectivity index (χ3n) is 2.07. The standard InChI is InChI=1S/C11H23NO2/c1-9(2)6-7-11(14)12-8-4-5-10(3)13/h9-10,13H,4-8H2,1-3H3,(H,12,14). The highest BCUT2D eigenvalue weighted by atomic mass is 16.3. The Kier molecular flexibility index (Phi) is 7.48. The van der Waals surface area contributed by atoms with Crippen LogP contribution in [0, 0.1) is 5.92 Å². The Balaban J connectivity index is 3.27. The lowest BCUT2D eigenvalue weighted by Gasteiger charge is -2.07. The second kappa shape index (κ2) is 7.80. The van der Waals surface area contributed by atoms with Crippen molar-refractivity contribution in [2.24, 2.45) is 5.92 Å². The Hall–Kier alpha value is -0.570. The Bertz CT molecular complexity index is 155. The SMILES string of the molecule is CC(C)CCC(=O)NCCCC(C)O. The predicted molar refractivity (Wildman–Crippen MR) is 58.0 cm³/mol. The van der Waals surface area contributed by atoms with Gasteiger partial charge in [-0.25, -0.2) is 0 Å². The number of hydrogen-bond acceptors (Lipinski definition) is 2. The summed E-state index contributed by atoms with van der Waals surface area (Å²) in [4.78, 5) is 11.2. The third kappa shape index (κ3) is 9.52. The van der Waals surface area contributed by atoms with Gasteiger partial charge in [-0.1, -0.05) is 13.8 Å². The van der Waals surface area contributed by atoms with Crippen molar-refractivity contribution in [3.63, 3.8) is 0 Å². The number of aliphatic hydroxyl groups is 1. The zero-order valence-corrected chi connectivity index (χ0v) is 9.55. The lowest BCUT2D eigenvalue weighted by molar-refractivity contribution is -0.121. The van der Waals surface area contributed by atoms with E-state index < -0.39 is 0 Å². The fourth-order valence-electron chi connectivity index (χ4n) is 1.13. The molecule has 1 atom stereocenters. The van der Waals surface area contributed by atoms with Crippen molar-refractivity contribution in [1.29, 1.82) is 0 Å². The van der Waals surface area contributed by atoms with Crippen LogP contribution in [0.3, 0.4) is 0 Å². The molecule has 2 N–H and O–H groups in total. The second-order valence-electron chi connectivity index (χ2n) is 4.27. The van der Waals surface area contributed by atoms with E-state index in [1.165, 1.54) is 0 Å². The summed E-state index contributed by atoms with van der Waals surface area (Å²) in [5.74, 6) is 0.711. The average molecular weight is 201 g/mol. The molecule has 0 aliphatic rings. The molecule has 0 saturated carbocycles. The van der Waals surface area contributed by atoms with Crippen molar-refractivity contribution in [3.05, 3.63) is 0 Å². The normalized spacial score (nSPS) is 12.9. The smallest absolute Gasteiger partial charge is 0.220 e. The van der Waals surface area contributed by atoms with Gasteiger partial charge >= 0.3 is 0 Å². The maximum Gasteiger partial charge on any atom is 0.220 e. The van der Waals surface area contributed by atoms with Crippen LogP contribution >= 0.6 is 0 Å². The lowest BCUT2D eigenvalue weighted by Crippen LogP contribution is -2.25. The van der Waals surface area contributed by atoms with Gasteiger partial charge in [-0.3, -0.25) is 4.79 Å². The minimum atomic E-state index is -0.262. The van der Waals surface area contributed by atoms with Crippen LogP contribution < -0.4 is 5.32 Å². The largest absolute Gasteiger partial charge is 0.393 e. The molecule has 0 bridgehead atoms. The molecule has 0 saturated heterocycles. The molecule has 3 heteroatoms. The van der Waals surface area contributed by atoms with Crippen LogP contribution in [0.25, 0.3) is 0 Å². The molecule has 0 aromatic carbocycles. The fourth-order valence-corrected chi connectivity index (χ4v) is 1.13. The second-order valence-corrected chi connectivity index (χ2v) is 4.27. The zero-order chi connectivity index (χ0) is 11.0. The Morgan fingerprint density at radius 1 is 1.29 bits per heavy atom. The summed E-state index contributed by atoms with van der Waals surface area (Å²) in [6, 6.07) is 0. The molecule has 0 aromatic rings. The molecule has 3 nitrogen and oxygen atoms in total. The molecule has 0 spiro atoms. The van der Waals surface area contributed by atoms with Crippen LogP contribution in [0.2, 0.25) is 0 Å². The summed E-state index contributed by atoms with van der Waals surface area (Å²) < 4.78 is 0. The van der Waals surface area contributed by atoms with Crippen LogP contribution in [0.4, 0.5) is 0 Å². The van der Waals surface area contributed by atoms with E-state index in [4.69, 9.17) is 5.11 Å². The molecule has 1 unspecified atom stereocenters. The fraction of sp³-hybridized carbons (Fsp3) is 0.909. The van der Waals surface area contributed by atoms with Crippen molar-refractivity contribution >= 4 is 5.91 Å². The van der Waals surface area contributed by atoms with Crippen molar-refractivity contribution in [2.45, 2.75) is 52.6 Å². The molecule has 0 radical (unpaired) electrons. The van der Waals surface area contributed by atoms with Crippen molar-refractivity contribution in [3.8, 4) is 0 Å². The zero-order valence-electron chi connectivity index (χ0n) is 9.55. The Morgan fingerprint density at radius 3 is 2.43 bits per heavy atom. The number of aliphatic hydroxyl groups excluding tert-OH is 1. The maximum absolute atomic E-state index is 11.2. The van der Waals surface area contributed by atoms with Crippen LogP contribution in [0.1, 0.15) is 46.5 Å². The van der Waals surface area contributed by atoms with Gasteiger partial charge in [0, 0.05) is 13.0 Å². The summed E-state index contributed by atoms with van der Waals surface area (Å²) in [6.07, 6.45) is 2.91. The molecule has 0 aliphatic heterocycles. The monoisotopic (exact) mass is 201 g/mol. The van der Waals surface area contributed by atoms with E-state index in [1.807, 2.05) is 0 Å². The van der Waals surface area contributed by atoms with Gasteiger partial charge in [0.25, 0.3) is 0 Å². The first-order chi connectivity index (χ1) is 6.52. The molecule has 0 aromatic heterocycles. The molecule has 0 heterocycles. The van der Waals surface area contributed by atoms with Crippen LogP contribution in [0.5, 0.6) is 0 Å². The summed E-state index contributed by atoms with van der Waals surface area (Å²) in [5, 5.41) is 11.8. The Morgan fingerprint density at radius 2 is 1.93 bits per heavy atom. The lowest BCUT2D eigenvalue weighted by atomic mass is 10.1. The number of hydrogen-bond donors (Lipinski definition) is 2. The summed E-state index contributed by atoms with van der Waals surface area (Å²) >= 11 is 0. The number of carbonyl (C=O) groups excluding carboxylic acids is 1. The third-order valence-corrected chi connectivity index (χ3v) is 2.07. The van der Waals surface area contributed by atoms with E-state index in [0.717, 1.165) is 19.3 Å². The van der Waals surface area contributed by atoms with E-state index in [0.29, 0.717) is 18.9 Å². The van der Waals surface area contributed by atoms with Gasteiger partial charge in [0.1, 0.15) is 0 Å². The highest BCUT2D eigenvalue weighted by molar-refractivity contribution is 5.75. The number of rotatable bonds is 7. The highest BCUT2D eigenvalue weighted by Crippen LogP contribution is 2.02. The number of amides is 1. The van der Waals surface area contributed by atoms with Gasteiger partial charge in [-0.15, -0.1) is 0 Å². The molecule has 0 rings (SSSR count). The van der Waals surface area contributed by atoms with Crippen LogP contribution in [-0.4, -0.2) is 23.7 Å². The topological polar surface area (TPSA) is 49.3 Å². The van der Waals surface area contributed by atoms with E-state index in [1.54, 1.807) is 6.92 Å². The molecular formula is C11H23NO2. The summed E-state index contributed by atoms with van der Waals surface area (Å²) in [5.41, 5.74) is 0. The van der Waals surface area contributed by atoms with Gasteiger partial charge in [-0.2, -0.15) is 0 Å². The average Bonchev–Trinajstić information content (AvgIpc) is 2.08. The van der Waals surface area contributed by atoms with Gasteiger partial charge in [0.2, 0.25) is 5.91 Å². The van der Waals surface area contributed by atoms with Crippen molar-refractivity contribution in [2.75, 3.05) is 6.54 Å². The summed E-state index contributed by atoms with van der Waals surface area (Å²) in [7, 11) is 0.